The Morgan fingerprint density at radius 2 is 2.12 bits per heavy atom. The molecule has 2 aliphatic heterocycles. The minimum Gasteiger partial charge on any atom is -0.447 e. The van der Waals surface area contributed by atoms with E-state index in [2.05, 4.69) is 17.2 Å². The Kier molecular flexibility index (Phi) is 4.97. The maximum atomic E-state index is 12.5. The van der Waals surface area contributed by atoms with Gasteiger partial charge in [-0.2, -0.15) is 0 Å². The molecule has 7 heteroatoms. The SMILES string of the molecule is C=CC(=O)N1CCC(C(=O)Nc2cccc(C3(C)COC(=O)N3)c2)CC1. The molecule has 2 fully saturated rings. The standard InChI is InChI=1S/C19H23N3O4/c1-3-16(23)22-9-7-13(8-10-22)17(24)20-15-6-4-5-14(11-15)19(2)12-26-18(25)21-19/h3-6,11,13H,1,7-10,12H2,2H3,(H,20,24)(H,21,25). The summed E-state index contributed by atoms with van der Waals surface area (Å²) in [5.74, 6) is -0.270. The molecular formula is C19H23N3O4. The number of ether oxygens (including phenoxy) is 1. The molecule has 3 rings (SSSR count). The summed E-state index contributed by atoms with van der Waals surface area (Å²) in [5.41, 5.74) is 0.945. The number of hydrogen-bond donors (Lipinski definition) is 2. The predicted octanol–water partition coefficient (Wildman–Crippen LogP) is 2.00. The molecule has 26 heavy (non-hydrogen) atoms. The summed E-state index contributed by atoms with van der Waals surface area (Å²) < 4.78 is 5.00. The highest BCUT2D eigenvalue weighted by Crippen LogP contribution is 2.28. The van der Waals surface area contributed by atoms with E-state index in [-0.39, 0.29) is 24.3 Å². The van der Waals surface area contributed by atoms with Crippen LogP contribution in [0.4, 0.5) is 10.5 Å². The van der Waals surface area contributed by atoms with Crippen LogP contribution in [0.15, 0.2) is 36.9 Å². The van der Waals surface area contributed by atoms with Crippen molar-refractivity contribution in [2.45, 2.75) is 25.3 Å². The molecule has 0 aromatic heterocycles. The number of likely N-dealkylation sites (tertiary alicyclic amines) is 1. The molecule has 0 bridgehead atoms. The monoisotopic (exact) mass is 357 g/mol. The van der Waals surface area contributed by atoms with Gasteiger partial charge in [0.25, 0.3) is 0 Å². The lowest BCUT2D eigenvalue weighted by molar-refractivity contribution is -0.130. The van der Waals surface area contributed by atoms with E-state index in [4.69, 9.17) is 4.74 Å². The van der Waals surface area contributed by atoms with Crippen molar-refractivity contribution in [3.05, 3.63) is 42.5 Å². The fourth-order valence-electron chi connectivity index (χ4n) is 3.34. The molecule has 0 aliphatic carbocycles. The van der Waals surface area contributed by atoms with E-state index in [1.165, 1.54) is 6.08 Å². The second-order valence-electron chi connectivity index (χ2n) is 6.91. The van der Waals surface area contributed by atoms with Gasteiger partial charge in [0, 0.05) is 24.7 Å². The molecule has 1 atom stereocenters. The maximum absolute atomic E-state index is 12.5. The Hall–Kier alpha value is -2.83. The highest BCUT2D eigenvalue weighted by atomic mass is 16.6. The number of carbonyl (C=O) groups excluding carboxylic acids is 3. The average molecular weight is 357 g/mol. The molecule has 138 valence electrons. The van der Waals surface area contributed by atoms with Gasteiger partial charge in [-0.25, -0.2) is 4.79 Å². The molecule has 3 amide bonds. The van der Waals surface area contributed by atoms with Crippen LogP contribution in [0.3, 0.4) is 0 Å². The zero-order valence-electron chi connectivity index (χ0n) is 14.8. The molecule has 2 N–H and O–H groups in total. The number of alkyl carbamates (subject to hydrolysis) is 1. The third-order valence-corrected chi connectivity index (χ3v) is 4.99. The summed E-state index contributed by atoms with van der Waals surface area (Å²) in [6, 6.07) is 7.40. The minimum atomic E-state index is -0.603. The number of hydrogen-bond acceptors (Lipinski definition) is 4. The zero-order valence-corrected chi connectivity index (χ0v) is 14.8. The van der Waals surface area contributed by atoms with E-state index in [1.54, 1.807) is 4.90 Å². The molecule has 2 heterocycles. The first kappa shape index (κ1) is 18.0. The molecule has 1 aromatic rings. The molecule has 0 spiro atoms. The molecule has 2 saturated heterocycles. The number of benzene rings is 1. The molecule has 1 aromatic carbocycles. The van der Waals surface area contributed by atoms with Crippen LogP contribution in [0, 0.1) is 5.92 Å². The van der Waals surface area contributed by atoms with E-state index >= 15 is 0 Å². The summed E-state index contributed by atoms with van der Waals surface area (Å²) in [5, 5.41) is 5.74. The highest BCUT2D eigenvalue weighted by molar-refractivity contribution is 5.93. The lowest BCUT2D eigenvalue weighted by Gasteiger charge is -2.30. The second-order valence-corrected chi connectivity index (χ2v) is 6.91. The summed E-state index contributed by atoms with van der Waals surface area (Å²) in [7, 11) is 0. The summed E-state index contributed by atoms with van der Waals surface area (Å²) in [6.07, 6.45) is 2.13. The van der Waals surface area contributed by atoms with Gasteiger partial charge in [0.05, 0.1) is 5.54 Å². The van der Waals surface area contributed by atoms with Crippen LogP contribution in [-0.4, -0.2) is 42.5 Å². The first-order chi connectivity index (χ1) is 12.4. The van der Waals surface area contributed by atoms with Crippen LogP contribution in [-0.2, 0) is 19.9 Å². The van der Waals surface area contributed by atoms with Crippen LogP contribution in [0.25, 0.3) is 0 Å². The molecule has 7 nitrogen and oxygen atoms in total. The van der Waals surface area contributed by atoms with E-state index in [1.807, 2.05) is 31.2 Å². The van der Waals surface area contributed by atoms with Gasteiger partial charge in [0.1, 0.15) is 6.61 Å². The topological polar surface area (TPSA) is 87.7 Å². The van der Waals surface area contributed by atoms with E-state index in [9.17, 15) is 14.4 Å². The van der Waals surface area contributed by atoms with Gasteiger partial charge in [0.2, 0.25) is 11.8 Å². The van der Waals surface area contributed by atoms with Crippen molar-refractivity contribution in [1.82, 2.24) is 10.2 Å². The molecule has 1 unspecified atom stereocenters. The minimum absolute atomic E-state index is 0.0512. The normalized spacial score (nSPS) is 23.1. The Balaban J connectivity index is 1.62. The van der Waals surface area contributed by atoms with Crippen LogP contribution >= 0.6 is 0 Å². The van der Waals surface area contributed by atoms with Gasteiger partial charge < -0.3 is 20.3 Å². The van der Waals surface area contributed by atoms with Crippen LogP contribution in [0.1, 0.15) is 25.3 Å². The van der Waals surface area contributed by atoms with E-state index in [0.717, 1.165) is 5.56 Å². The lowest BCUT2D eigenvalue weighted by Crippen LogP contribution is -2.40. The third kappa shape index (κ3) is 3.71. The van der Waals surface area contributed by atoms with Crippen LogP contribution in [0.2, 0.25) is 0 Å². The Morgan fingerprint density at radius 1 is 1.38 bits per heavy atom. The van der Waals surface area contributed by atoms with Gasteiger partial charge >= 0.3 is 6.09 Å². The number of nitrogens with zero attached hydrogens (tertiary/aromatic N) is 1. The van der Waals surface area contributed by atoms with Gasteiger partial charge in [-0.1, -0.05) is 18.7 Å². The first-order valence-electron chi connectivity index (χ1n) is 8.69. The van der Waals surface area contributed by atoms with Crippen molar-refractivity contribution >= 4 is 23.6 Å². The quantitative estimate of drug-likeness (QED) is 0.807. The summed E-state index contributed by atoms with van der Waals surface area (Å²) in [4.78, 5) is 37.2. The number of cyclic esters (lactones) is 1. The highest BCUT2D eigenvalue weighted by Gasteiger charge is 2.36. The van der Waals surface area contributed by atoms with Gasteiger partial charge in [-0.3, -0.25) is 9.59 Å². The predicted molar refractivity (Wildman–Crippen MR) is 96.4 cm³/mol. The van der Waals surface area contributed by atoms with Gasteiger partial charge in [0.15, 0.2) is 0 Å². The van der Waals surface area contributed by atoms with Crippen molar-refractivity contribution in [1.29, 1.82) is 0 Å². The lowest BCUT2D eigenvalue weighted by atomic mass is 9.93. The Bertz CT molecular complexity index is 740. The number of piperidine rings is 1. The number of nitrogens with one attached hydrogen (secondary N) is 2. The van der Waals surface area contributed by atoms with Crippen molar-refractivity contribution in [3.63, 3.8) is 0 Å². The molecule has 0 radical (unpaired) electrons. The van der Waals surface area contributed by atoms with Gasteiger partial charge in [-0.15, -0.1) is 0 Å². The Morgan fingerprint density at radius 3 is 2.73 bits per heavy atom. The number of rotatable bonds is 4. The van der Waals surface area contributed by atoms with E-state index in [0.29, 0.717) is 31.6 Å². The van der Waals surface area contributed by atoms with E-state index < -0.39 is 11.6 Å². The molecular weight excluding hydrogens is 334 g/mol. The summed E-state index contributed by atoms with van der Waals surface area (Å²) in [6.45, 7) is 6.74. The fourth-order valence-corrected chi connectivity index (χ4v) is 3.34. The average Bonchev–Trinajstić information content (AvgIpc) is 3.01. The van der Waals surface area contributed by atoms with Crippen LogP contribution < -0.4 is 10.6 Å². The maximum Gasteiger partial charge on any atom is 0.408 e. The van der Waals surface area contributed by atoms with Crippen molar-refractivity contribution in [2.75, 3.05) is 25.0 Å². The smallest absolute Gasteiger partial charge is 0.408 e. The van der Waals surface area contributed by atoms with Crippen molar-refractivity contribution < 1.29 is 19.1 Å². The second kappa shape index (κ2) is 7.19. The number of carbonyl (C=O) groups is 3. The molecule has 0 saturated carbocycles. The zero-order chi connectivity index (χ0) is 18.7. The fraction of sp³-hybridized carbons (Fsp3) is 0.421. The Labute approximate surface area is 152 Å². The van der Waals surface area contributed by atoms with Crippen LogP contribution in [0.5, 0.6) is 0 Å². The van der Waals surface area contributed by atoms with Gasteiger partial charge in [-0.05, 0) is 43.5 Å². The van der Waals surface area contributed by atoms with Crippen molar-refractivity contribution in [2.24, 2.45) is 5.92 Å². The first-order valence-corrected chi connectivity index (χ1v) is 8.69. The largest absolute Gasteiger partial charge is 0.447 e. The molecule has 2 aliphatic rings. The van der Waals surface area contributed by atoms with Crippen molar-refractivity contribution in [3.8, 4) is 0 Å². The number of anilines is 1. The third-order valence-electron chi connectivity index (χ3n) is 4.99. The summed E-state index contributed by atoms with van der Waals surface area (Å²) >= 11 is 0. The number of amides is 3.